The Kier molecular flexibility index (Phi) is 3.75. The number of furan rings is 1. The summed E-state index contributed by atoms with van der Waals surface area (Å²) in [5.74, 6) is 0. The second-order valence-corrected chi connectivity index (χ2v) is 3.78. The maximum Gasteiger partial charge on any atom is 0.0947 e. The molecule has 0 spiro atoms. The first kappa shape index (κ1) is 10.9. The van der Waals surface area contributed by atoms with Crippen LogP contribution >= 0.6 is 0 Å². The van der Waals surface area contributed by atoms with Crippen molar-refractivity contribution in [1.82, 2.24) is 5.32 Å². The molecular weight excluding hydrogens is 200 g/mol. The van der Waals surface area contributed by atoms with E-state index < -0.39 is 0 Å². The Bertz CT molecular complexity index is 397. The number of nitrogens with two attached hydrogens (primary N) is 1. The zero-order chi connectivity index (χ0) is 11.2. The molecule has 0 radical (unpaired) electrons. The number of benzene rings is 1. The predicted molar refractivity (Wildman–Crippen MR) is 63.8 cm³/mol. The summed E-state index contributed by atoms with van der Waals surface area (Å²) in [5, 5.41) is 3.30. The zero-order valence-corrected chi connectivity index (χ0v) is 9.10. The molecule has 3 nitrogen and oxygen atoms in total. The summed E-state index contributed by atoms with van der Waals surface area (Å²) in [6.45, 7) is 1.55. The van der Waals surface area contributed by atoms with Crippen molar-refractivity contribution >= 4 is 0 Å². The van der Waals surface area contributed by atoms with E-state index in [0.717, 1.165) is 24.2 Å². The molecule has 0 fully saturated rings. The molecule has 16 heavy (non-hydrogen) atoms. The van der Waals surface area contributed by atoms with Crippen LogP contribution in [0.3, 0.4) is 0 Å². The summed E-state index contributed by atoms with van der Waals surface area (Å²) in [6.07, 6.45) is 3.41. The minimum atomic E-state index is 0.0353. The first-order valence-electron chi connectivity index (χ1n) is 5.38. The van der Waals surface area contributed by atoms with Gasteiger partial charge in [0.15, 0.2) is 0 Å². The molecule has 3 N–H and O–H groups in total. The molecule has 1 aromatic carbocycles. The second-order valence-electron chi connectivity index (χ2n) is 3.78. The van der Waals surface area contributed by atoms with Gasteiger partial charge in [0.2, 0.25) is 0 Å². The molecule has 2 rings (SSSR count). The van der Waals surface area contributed by atoms with Gasteiger partial charge in [-0.05, 0) is 11.6 Å². The molecule has 0 amide bonds. The third-order valence-corrected chi connectivity index (χ3v) is 2.50. The minimum absolute atomic E-state index is 0.0353. The van der Waals surface area contributed by atoms with E-state index in [0.29, 0.717) is 0 Å². The van der Waals surface area contributed by atoms with Crippen LogP contribution in [0.2, 0.25) is 0 Å². The summed E-state index contributed by atoms with van der Waals surface area (Å²) >= 11 is 0. The Hall–Kier alpha value is -1.58. The smallest absolute Gasteiger partial charge is 0.0947 e. The Morgan fingerprint density at radius 3 is 2.69 bits per heavy atom. The van der Waals surface area contributed by atoms with Crippen molar-refractivity contribution in [2.24, 2.45) is 5.73 Å². The van der Waals surface area contributed by atoms with Crippen LogP contribution in [0.25, 0.3) is 0 Å². The fourth-order valence-corrected chi connectivity index (χ4v) is 1.58. The number of hydrogen-bond acceptors (Lipinski definition) is 3. The lowest BCUT2D eigenvalue weighted by atomic mass is 10.1. The van der Waals surface area contributed by atoms with Crippen molar-refractivity contribution in [2.45, 2.75) is 12.6 Å². The summed E-state index contributed by atoms with van der Waals surface area (Å²) in [4.78, 5) is 0. The van der Waals surface area contributed by atoms with Crippen LogP contribution in [0.5, 0.6) is 0 Å². The molecule has 84 valence electrons. The third kappa shape index (κ3) is 2.95. The lowest BCUT2D eigenvalue weighted by Gasteiger charge is -2.12. The Morgan fingerprint density at radius 2 is 2.00 bits per heavy atom. The Balaban J connectivity index is 1.78. The zero-order valence-electron chi connectivity index (χ0n) is 9.10. The molecule has 2 aromatic rings. The molecule has 0 bridgehead atoms. The number of rotatable bonds is 5. The minimum Gasteiger partial charge on any atom is -0.472 e. The average Bonchev–Trinajstić information content (AvgIpc) is 2.83. The fraction of sp³-hybridized carbons (Fsp3) is 0.231. The standard InChI is InChI=1S/C13H16N2O/c14-13(12-4-2-1-3-5-12)9-15-8-11-6-7-16-10-11/h1-7,10,13,15H,8-9,14H2. The molecule has 1 heterocycles. The summed E-state index contributed by atoms with van der Waals surface area (Å²) in [7, 11) is 0. The molecule has 1 unspecified atom stereocenters. The molecule has 3 heteroatoms. The SMILES string of the molecule is NC(CNCc1ccoc1)c1ccccc1. The number of hydrogen-bond donors (Lipinski definition) is 2. The summed E-state index contributed by atoms with van der Waals surface area (Å²) in [6, 6.07) is 12.1. The van der Waals surface area contributed by atoms with Gasteiger partial charge in [0, 0.05) is 24.7 Å². The van der Waals surface area contributed by atoms with Crippen LogP contribution in [-0.4, -0.2) is 6.54 Å². The summed E-state index contributed by atoms with van der Waals surface area (Å²) < 4.78 is 4.99. The molecule has 1 atom stereocenters. The molecular formula is C13H16N2O. The van der Waals surface area contributed by atoms with Crippen molar-refractivity contribution in [3.63, 3.8) is 0 Å². The molecule has 0 aliphatic rings. The Morgan fingerprint density at radius 1 is 1.19 bits per heavy atom. The van der Waals surface area contributed by atoms with Crippen LogP contribution in [0.1, 0.15) is 17.2 Å². The van der Waals surface area contributed by atoms with Crippen molar-refractivity contribution in [3.05, 3.63) is 60.1 Å². The molecule has 0 saturated heterocycles. The highest BCUT2D eigenvalue weighted by Crippen LogP contribution is 2.08. The van der Waals surface area contributed by atoms with E-state index in [1.807, 2.05) is 36.4 Å². The van der Waals surface area contributed by atoms with E-state index in [1.54, 1.807) is 12.5 Å². The van der Waals surface area contributed by atoms with Gasteiger partial charge in [0.05, 0.1) is 12.5 Å². The first-order valence-corrected chi connectivity index (χ1v) is 5.38. The second kappa shape index (κ2) is 5.49. The van der Waals surface area contributed by atoms with Crippen LogP contribution in [0.15, 0.2) is 53.3 Å². The molecule has 1 aromatic heterocycles. The van der Waals surface area contributed by atoms with Gasteiger partial charge in [0.1, 0.15) is 0 Å². The lowest BCUT2D eigenvalue weighted by Crippen LogP contribution is -2.26. The van der Waals surface area contributed by atoms with Gasteiger partial charge in [0.25, 0.3) is 0 Å². The van der Waals surface area contributed by atoms with Crippen LogP contribution in [0, 0.1) is 0 Å². The van der Waals surface area contributed by atoms with Gasteiger partial charge in [-0.3, -0.25) is 0 Å². The van der Waals surface area contributed by atoms with Gasteiger partial charge in [-0.2, -0.15) is 0 Å². The van der Waals surface area contributed by atoms with E-state index in [1.165, 1.54) is 0 Å². The van der Waals surface area contributed by atoms with E-state index in [-0.39, 0.29) is 6.04 Å². The van der Waals surface area contributed by atoms with Gasteiger partial charge in [-0.1, -0.05) is 30.3 Å². The van der Waals surface area contributed by atoms with E-state index in [9.17, 15) is 0 Å². The van der Waals surface area contributed by atoms with Crippen LogP contribution in [-0.2, 0) is 6.54 Å². The van der Waals surface area contributed by atoms with E-state index in [2.05, 4.69) is 5.32 Å². The molecule has 0 aliphatic carbocycles. The van der Waals surface area contributed by atoms with Crippen LogP contribution < -0.4 is 11.1 Å². The summed E-state index contributed by atoms with van der Waals surface area (Å²) in [5.41, 5.74) is 8.34. The quantitative estimate of drug-likeness (QED) is 0.804. The highest BCUT2D eigenvalue weighted by Gasteiger charge is 2.04. The maximum absolute atomic E-state index is 6.05. The van der Waals surface area contributed by atoms with Gasteiger partial charge >= 0.3 is 0 Å². The van der Waals surface area contributed by atoms with Crippen molar-refractivity contribution in [2.75, 3.05) is 6.54 Å². The van der Waals surface area contributed by atoms with Crippen molar-refractivity contribution in [3.8, 4) is 0 Å². The van der Waals surface area contributed by atoms with Gasteiger partial charge in [-0.25, -0.2) is 0 Å². The van der Waals surface area contributed by atoms with E-state index in [4.69, 9.17) is 10.2 Å². The maximum atomic E-state index is 6.05. The number of nitrogens with one attached hydrogen (secondary N) is 1. The first-order chi connectivity index (χ1) is 7.86. The van der Waals surface area contributed by atoms with Crippen molar-refractivity contribution in [1.29, 1.82) is 0 Å². The normalized spacial score (nSPS) is 12.6. The highest BCUT2D eigenvalue weighted by molar-refractivity contribution is 5.18. The largest absolute Gasteiger partial charge is 0.472 e. The van der Waals surface area contributed by atoms with Crippen molar-refractivity contribution < 1.29 is 4.42 Å². The average molecular weight is 216 g/mol. The van der Waals surface area contributed by atoms with Gasteiger partial charge in [-0.15, -0.1) is 0 Å². The highest BCUT2D eigenvalue weighted by atomic mass is 16.3. The monoisotopic (exact) mass is 216 g/mol. The van der Waals surface area contributed by atoms with Crippen LogP contribution in [0.4, 0.5) is 0 Å². The Labute approximate surface area is 95.3 Å². The predicted octanol–water partition coefficient (Wildman–Crippen LogP) is 2.07. The third-order valence-electron chi connectivity index (χ3n) is 2.50. The molecule has 0 saturated carbocycles. The van der Waals surface area contributed by atoms with Gasteiger partial charge < -0.3 is 15.5 Å². The lowest BCUT2D eigenvalue weighted by molar-refractivity contribution is 0.555. The fourth-order valence-electron chi connectivity index (χ4n) is 1.58. The van der Waals surface area contributed by atoms with E-state index >= 15 is 0 Å². The topological polar surface area (TPSA) is 51.2 Å². The molecule has 0 aliphatic heterocycles.